The van der Waals surface area contributed by atoms with Gasteiger partial charge in [0.15, 0.2) is 11.5 Å². The van der Waals surface area contributed by atoms with E-state index in [-0.39, 0.29) is 22.6 Å². The second-order valence-electron chi connectivity index (χ2n) is 6.67. The number of aromatic carboxylic acids is 1. The van der Waals surface area contributed by atoms with Crippen LogP contribution in [0.5, 0.6) is 11.5 Å². The Balaban J connectivity index is 1.67. The zero-order valence-corrected chi connectivity index (χ0v) is 14.7. The summed E-state index contributed by atoms with van der Waals surface area (Å²) >= 11 is 0. The minimum Gasteiger partial charge on any atom is -0.478 e. The monoisotopic (exact) mass is 382 g/mol. The lowest BCUT2D eigenvalue weighted by Crippen LogP contribution is -2.45. The fraction of sp³-hybridized carbons (Fsp3) is 0.500. The van der Waals surface area contributed by atoms with Crippen molar-refractivity contribution in [2.45, 2.75) is 37.9 Å². The van der Waals surface area contributed by atoms with Crippen LogP contribution in [0.1, 0.15) is 52.8 Å². The zero-order valence-electron chi connectivity index (χ0n) is 13.9. The van der Waals surface area contributed by atoms with Crippen molar-refractivity contribution in [2.75, 3.05) is 13.1 Å². The number of ether oxygens (including phenoxy) is 2. The molecule has 2 fully saturated rings. The van der Waals surface area contributed by atoms with E-state index < -0.39 is 27.9 Å². The molecular weight excluding hydrogens is 364 g/mol. The third-order valence-electron chi connectivity index (χ3n) is 4.87. The predicted molar refractivity (Wildman–Crippen MR) is 88.4 cm³/mol. The number of hydrogen-bond donors (Lipinski definition) is 2. The van der Waals surface area contributed by atoms with E-state index in [1.165, 1.54) is 10.4 Å². The number of nitrogens with zero attached hydrogens (tertiary/aromatic N) is 1. The van der Waals surface area contributed by atoms with Crippen LogP contribution in [0.4, 0.5) is 0 Å². The van der Waals surface area contributed by atoms with Crippen LogP contribution < -0.4 is 14.2 Å². The Morgan fingerprint density at radius 1 is 1.12 bits per heavy atom. The smallest absolute Gasteiger partial charge is 0.335 e. The highest BCUT2D eigenvalue weighted by Crippen LogP contribution is 2.50. The quantitative estimate of drug-likeness (QED) is 0.800. The van der Waals surface area contributed by atoms with Crippen molar-refractivity contribution in [3.05, 3.63) is 23.3 Å². The summed E-state index contributed by atoms with van der Waals surface area (Å²) in [4.78, 5) is 24.0. The Morgan fingerprint density at radius 2 is 1.81 bits per heavy atom. The van der Waals surface area contributed by atoms with E-state index >= 15 is 0 Å². The Bertz CT molecular complexity index is 886. The Labute approximate surface area is 150 Å². The molecule has 0 unspecified atom stereocenters. The molecule has 1 aromatic carbocycles. The lowest BCUT2D eigenvalue weighted by atomic mass is 9.91. The number of carbonyl (C=O) groups is 2. The summed E-state index contributed by atoms with van der Waals surface area (Å²) in [5, 5.41) is 9.27. The van der Waals surface area contributed by atoms with Gasteiger partial charge in [0.2, 0.25) is 0 Å². The molecule has 0 aromatic heterocycles. The number of hydrogen-bond acceptors (Lipinski definition) is 6. The van der Waals surface area contributed by atoms with E-state index in [1.54, 1.807) is 0 Å². The first-order valence-corrected chi connectivity index (χ1v) is 9.85. The van der Waals surface area contributed by atoms with Gasteiger partial charge >= 0.3 is 16.2 Å². The number of benzene rings is 1. The van der Waals surface area contributed by atoms with Crippen LogP contribution in [0.15, 0.2) is 12.1 Å². The van der Waals surface area contributed by atoms with Crippen molar-refractivity contribution >= 4 is 22.1 Å². The molecule has 0 radical (unpaired) electrons. The van der Waals surface area contributed by atoms with E-state index in [4.69, 9.17) is 9.47 Å². The maximum atomic E-state index is 12.6. The summed E-state index contributed by atoms with van der Waals surface area (Å²) in [7, 11) is -3.99. The van der Waals surface area contributed by atoms with Gasteiger partial charge in [-0.3, -0.25) is 4.79 Å². The van der Waals surface area contributed by atoms with Crippen LogP contribution in [0.3, 0.4) is 0 Å². The van der Waals surface area contributed by atoms with Crippen LogP contribution in [0.2, 0.25) is 0 Å². The number of carbonyl (C=O) groups excluding carboxylic acids is 1. The zero-order chi connectivity index (χ0) is 18.5. The number of rotatable bonds is 4. The van der Waals surface area contributed by atoms with Gasteiger partial charge in [-0.2, -0.15) is 12.7 Å². The van der Waals surface area contributed by atoms with E-state index in [9.17, 15) is 23.1 Å². The van der Waals surface area contributed by atoms with Gasteiger partial charge in [-0.1, -0.05) is 0 Å². The van der Waals surface area contributed by atoms with Crippen LogP contribution in [-0.2, 0) is 10.2 Å². The summed E-state index contributed by atoms with van der Waals surface area (Å²) in [5.74, 6) is -2.82. The molecule has 0 bridgehead atoms. The SMILES string of the molecule is O=C(O)c1cc2c(c(C(=O)NS(=O)(=O)N3CCCC3)c1)OC1(CCC1)O2. The van der Waals surface area contributed by atoms with Crippen molar-refractivity contribution in [3.8, 4) is 11.5 Å². The molecule has 2 N–H and O–H groups in total. The van der Waals surface area contributed by atoms with Crippen molar-refractivity contribution in [1.29, 1.82) is 0 Å². The average Bonchev–Trinajstić information content (AvgIpc) is 3.20. The number of nitrogens with one attached hydrogen (secondary N) is 1. The van der Waals surface area contributed by atoms with Gasteiger partial charge in [0.1, 0.15) is 0 Å². The summed E-state index contributed by atoms with van der Waals surface area (Å²) < 4.78 is 39.4. The highest BCUT2D eigenvalue weighted by molar-refractivity contribution is 7.87. The number of carboxylic acids is 1. The second-order valence-corrected chi connectivity index (χ2v) is 8.34. The Morgan fingerprint density at radius 3 is 2.38 bits per heavy atom. The first-order valence-electron chi connectivity index (χ1n) is 8.41. The Hall–Kier alpha value is -2.33. The lowest BCUT2D eigenvalue weighted by molar-refractivity contribution is -0.138. The topological polar surface area (TPSA) is 122 Å². The fourth-order valence-corrected chi connectivity index (χ4v) is 4.53. The normalized spacial score (nSPS) is 20.8. The standard InChI is InChI=1S/C16H18N2O7S/c19-14(17-26(22,23)18-6-1-2-7-18)11-8-10(15(20)21)9-12-13(11)25-16(24-12)4-3-5-16/h8-9H,1-7H2,(H,17,19)(H,20,21). The van der Waals surface area contributed by atoms with Crippen molar-refractivity contribution < 1.29 is 32.6 Å². The van der Waals surface area contributed by atoms with Crippen molar-refractivity contribution in [1.82, 2.24) is 9.03 Å². The number of amides is 1. The molecule has 140 valence electrons. The van der Waals surface area contributed by atoms with E-state index in [0.29, 0.717) is 25.9 Å². The van der Waals surface area contributed by atoms with Gasteiger partial charge in [-0.15, -0.1) is 0 Å². The first kappa shape index (κ1) is 17.1. The molecular formula is C16H18N2O7S. The van der Waals surface area contributed by atoms with Crippen LogP contribution in [0.25, 0.3) is 0 Å². The molecule has 2 heterocycles. The van der Waals surface area contributed by atoms with E-state index in [0.717, 1.165) is 25.3 Å². The molecule has 1 saturated heterocycles. The maximum Gasteiger partial charge on any atom is 0.335 e. The second kappa shape index (κ2) is 5.85. The average molecular weight is 382 g/mol. The summed E-state index contributed by atoms with van der Waals surface area (Å²) in [6, 6.07) is 2.40. The number of carboxylic acid groups (broad SMARTS) is 1. The molecule has 4 rings (SSSR count). The molecule has 1 aromatic rings. The largest absolute Gasteiger partial charge is 0.478 e. The van der Waals surface area contributed by atoms with E-state index in [1.807, 2.05) is 4.72 Å². The van der Waals surface area contributed by atoms with Gasteiger partial charge in [-0.25, -0.2) is 9.52 Å². The summed E-state index contributed by atoms with van der Waals surface area (Å²) in [5.41, 5.74) is -0.334. The molecule has 1 aliphatic carbocycles. The molecule has 1 amide bonds. The van der Waals surface area contributed by atoms with Gasteiger partial charge < -0.3 is 14.6 Å². The Kier molecular flexibility index (Phi) is 3.85. The van der Waals surface area contributed by atoms with Crippen LogP contribution in [0, 0.1) is 0 Å². The maximum absolute atomic E-state index is 12.6. The first-order chi connectivity index (χ1) is 12.3. The molecule has 2 aliphatic heterocycles. The minimum absolute atomic E-state index is 0.0869. The molecule has 9 nitrogen and oxygen atoms in total. The molecule has 3 aliphatic rings. The highest BCUT2D eigenvalue weighted by atomic mass is 32.2. The molecule has 1 saturated carbocycles. The number of fused-ring (bicyclic) bond motifs is 1. The van der Waals surface area contributed by atoms with Crippen LogP contribution >= 0.6 is 0 Å². The highest BCUT2D eigenvalue weighted by Gasteiger charge is 2.49. The molecule has 26 heavy (non-hydrogen) atoms. The fourth-order valence-electron chi connectivity index (χ4n) is 3.32. The summed E-state index contributed by atoms with van der Waals surface area (Å²) in [6.45, 7) is 0.692. The van der Waals surface area contributed by atoms with Crippen molar-refractivity contribution in [2.24, 2.45) is 0 Å². The van der Waals surface area contributed by atoms with Crippen molar-refractivity contribution in [3.63, 3.8) is 0 Å². The van der Waals surface area contributed by atoms with Gasteiger partial charge in [-0.05, 0) is 31.4 Å². The third kappa shape index (κ3) is 2.78. The van der Waals surface area contributed by atoms with Gasteiger partial charge in [0, 0.05) is 25.9 Å². The van der Waals surface area contributed by atoms with Gasteiger partial charge in [0.25, 0.3) is 11.7 Å². The molecule has 1 spiro atoms. The molecule has 10 heteroatoms. The van der Waals surface area contributed by atoms with Gasteiger partial charge in [0.05, 0.1) is 11.1 Å². The molecule has 0 atom stereocenters. The third-order valence-corrected chi connectivity index (χ3v) is 6.36. The lowest BCUT2D eigenvalue weighted by Gasteiger charge is -2.35. The summed E-state index contributed by atoms with van der Waals surface area (Å²) in [6.07, 6.45) is 3.61. The van der Waals surface area contributed by atoms with E-state index in [2.05, 4.69) is 0 Å². The predicted octanol–water partition coefficient (Wildman–Crippen LogP) is 1.11. The minimum atomic E-state index is -3.99. The van der Waals surface area contributed by atoms with Crippen LogP contribution in [-0.4, -0.2) is 48.6 Å².